The average molecular weight is 137 g/mol. The second-order valence-electron chi connectivity index (χ2n) is 2.55. The number of likely N-dealkylation sites (N-methyl/N-ethyl adjacent to an activating group) is 1. The fourth-order valence-electron chi connectivity index (χ4n) is 0.987. The molecule has 10 heavy (non-hydrogen) atoms. The van der Waals surface area contributed by atoms with Crippen molar-refractivity contribution in [1.82, 2.24) is 4.90 Å². The maximum atomic E-state index is 11.1. The van der Waals surface area contributed by atoms with E-state index in [0.717, 1.165) is 11.3 Å². The van der Waals surface area contributed by atoms with Crippen LogP contribution in [0.15, 0.2) is 23.5 Å². The first-order chi connectivity index (χ1) is 4.55. The van der Waals surface area contributed by atoms with Crippen LogP contribution in [-0.2, 0) is 4.79 Å². The first kappa shape index (κ1) is 7.06. The molecule has 0 atom stereocenters. The third-order valence-corrected chi connectivity index (χ3v) is 2.05. The number of hydrogen-bond acceptors (Lipinski definition) is 2. The van der Waals surface area contributed by atoms with Gasteiger partial charge in [0.25, 0.3) is 0 Å². The van der Waals surface area contributed by atoms with Gasteiger partial charge in [-0.25, -0.2) is 0 Å². The fourth-order valence-corrected chi connectivity index (χ4v) is 0.987. The second-order valence-corrected chi connectivity index (χ2v) is 2.55. The van der Waals surface area contributed by atoms with Crippen LogP contribution in [0.25, 0.3) is 0 Å². The number of allylic oxidation sites excluding steroid dienone is 2. The molecule has 0 fully saturated rings. The van der Waals surface area contributed by atoms with Crippen LogP contribution < -0.4 is 0 Å². The van der Waals surface area contributed by atoms with Gasteiger partial charge in [0.1, 0.15) is 0 Å². The van der Waals surface area contributed by atoms with Crippen molar-refractivity contribution in [2.45, 2.75) is 13.8 Å². The van der Waals surface area contributed by atoms with Gasteiger partial charge in [-0.05, 0) is 13.8 Å². The highest BCUT2D eigenvalue weighted by atomic mass is 16.1. The first-order valence-electron chi connectivity index (χ1n) is 3.20. The molecule has 0 saturated heterocycles. The standard InChI is InChI=1S/C8H11NO/c1-5-6(2)9(4)7(3)8(5)10/h3H2,1-2,4H3. The van der Waals surface area contributed by atoms with Crippen LogP contribution in [0.4, 0.5) is 0 Å². The van der Waals surface area contributed by atoms with Crippen LogP contribution in [-0.4, -0.2) is 17.7 Å². The van der Waals surface area contributed by atoms with Gasteiger partial charge in [0, 0.05) is 18.3 Å². The highest BCUT2D eigenvalue weighted by molar-refractivity contribution is 6.10. The number of hydrogen-bond donors (Lipinski definition) is 0. The van der Waals surface area contributed by atoms with E-state index in [1.54, 1.807) is 0 Å². The molecule has 0 N–H and O–H groups in total. The summed E-state index contributed by atoms with van der Waals surface area (Å²) >= 11 is 0. The molecule has 1 aliphatic heterocycles. The van der Waals surface area contributed by atoms with E-state index in [1.165, 1.54) is 0 Å². The molecule has 2 heteroatoms. The maximum Gasteiger partial charge on any atom is 0.206 e. The SMILES string of the molecule is C=C1C(=O)C(C)=C(C)N1C. The summed E-state index contributed by atoms with van der Waals surface area (Å²) in [6.07, 6.45) is 0. The van der Waals surface area contributed by atoms with Crippen molar-refractivity contribution in [2.24, 2.45) is 0 Å². The smallest absolute Gasteiger partial charge is 0.206 e. The normalized spacial score (nSPS) is 19.3. The summed E-state index contributed by atoms with van der Waals surface area (Å²) in [7, 11) is 1.85. The lowest BCUT2D eigenvalue weighted by Crippen LogP contribution is -2.11. The van der Waals surface area contributed by atoms with Crippen molar-refractivity contribution in [3.8, 4) is 0 Å². The van der Waals surface area contributed by atoms with E-state index < -0.39 is 0 Å². The van der Waals surface area contributed by atoms with Crippen molar-refractivity contribution < 1.29 is 4.79 Å². The van der Waals surface area contributed by atoms with Crippen molar-refractivity contribution >= 4 is 5.78 Å². The highest BCUT2D eigenvalue weighted by Crippen LogP contribution is 2.24. The molecule has 0 aromatic heterocycles. The van der Waals surface area contributed by atoms with Gasteiger partial charge in [-0.1, -0.05) is 6.58 Å². The third-order valence-electron chi connectivity index (χ3n) is 2.05. The number of carbonyl (C=O) groups excluding carboxylic acids is 1. The summed E-state index contributed by atoms with van der Waals surface area (Å²) in [4.78, 5) is 12.9. The third kappa shape index (κ3) is 0.685. The Morgan fingerprint density at radius 3 is 2.00 bits per heavy atom. The topological polar surface area (TPSA) is 20.3 Å². The number of carbonyl (C=O) groups is 1. The van der Waals surface area contributed by atoms with Gasteiger partial charge in [0.05, 0.1) is 5.70 Å². The summed E-state index contributed by atoms with van der Waals surface area (Å²) in [5.74, 6) is 0.0694. The zero-order chi connectivity index (χ0) is 7.89. The molecule has 54 valence electrons. The summed E-state index contributed by atoms with van der Waals surface area (Å²) in [5, 5.41) is 0. The van der Waals surface area contributed by atoms with Crippen molar-refractivity contribution in [2.75, 3.05) is 7.05 Å². The predicted molar refractivity (Wildman–Crippen MR) is 40.3 cm³/mol. The Kier molecular flexibility index (Phi) is 1.39. The van der Waals surface area contributed by atoms with E-state index in [1.807, 2.05) is 25.8 Å². The van der Waals surface area contributed by atoms with E-state index in [0.29, 0.717) is 5.70 Å². The van der Waals surface area contributed by atoms with Gasteiger partial charge >= 0.3 is 0 Å². The minimum Gasteiger partial charge on any atom is -0.345 e. The summed E-state index contributed by atoms with van der Waals surface area (Å²) < 4.78 is 0. The maximum absolute atomic E-state index is 11.1. The predicted octanol–water partition coefficient (Wildman–Crippen LogP) is 1.31. The van der Waals surface area contributed by atoms with Crippen molar-refractivity contribution in [3.63, 3.8) is 0 Å². The van der Waals surface area contributed by atoms with Gasteiger partial charge in [-0.3, -0.25) is 4.79 Å². The summed E-state index contributed by atoms with van der Waals surface area (Å²) in [6, 6.07) is 0. The van der Waals surface area contributed by atoms with E-state index in [-0.39, 0.29) is 5.78 Å². The molecule has 0 radical (unpaired) electrons. The molecule has 0 aliphatic carbocycles. The van der Waals surface area contributed by atoms with Gasteiger partial charge in [0.2, 0.25) is 5.78 Å². The van der Waals surface area contributed by atoms with E-state index >= 15 is 0 Å². The van der Waals surface area contributed by atoms with E-state index in [2.05, 4.69) is 6.58 Å². The highest BCUT2D eigenvalue weighted by Gasteiger charge is 2.24. The zero-order valence-electron chi connectivity index (χ0n) is 6.56. The van der Waals surface area contributed by atoms with Crippen molar-refractivity contribution in [3.05, 3.63) is 23.5 Å². The molecule has 1 heterocycles. The largest absolute Gasteiger partial charge is 0.345 e. The van der Waals surface area contributed by atoms with Crippen LogP contribution >= 0.6 is 0 Å². The molecule has 0 aromatic rings. The molecule has 0 aromatic carbocycles. The quantitative estimate of drug-likeness (QED) is 0.469. The number of nitrogens with zero attached hydrogens (tertiary/aromatic N) is 1. The van der Waals surface area contributed by atoms with Crippen LogP contribution in [0.5, 0.6) is 0 Å². The lowest BCUT2D eigenvalue weighted by atomic mass is 10.2. The molecule has 0 saturated carbocycles. The number of rotatable bonds is 0. The minimum absolute atomic E-state index is 0.0694. The molecule has 0 unspecified atom stereocenters. The lowest BCUT2D eigenvalue weighted by molar-refractivity contribution is -0.112. The van der Waals surface area contributed by atoms with Crippen LogP contribution in [0.1, 0.15) is 13.8 Å². The molecular formula is C8H11NO. The molecule has 0 bridgehead atoms. The molecule has 2 nitrogen and oxygen atoms in total. The Hall–Kier alpha value is -1.05. The Morgan fingerprint density at radius 1 is 1.40 bits per heavy atom. The summed E-state index contributed by atoms with van der Waals surface area (Å²) in [6.45, 7) is 7.40. The minimum atomic E-state index is 0.0694. The fraction of sp³-hybridized carbons (Fsp3) is 0.375. The Bertz CT molecular complexity index is 238. The number of Topliss-reactive ketones (excluding diaryl/α,β-unsaturated/α-hetero) is 1. The van der Waals surface area contributed by atoms with Gasteiger partial charge in [-0.15, -0.1) is 0 Å². The van der Waals surface area contributed by atoms with E-state index in [4.69, 9.17) is 0 Å². The molecule has 1 rings (SSSR count). The molecular weight excluding hydrogens is 126 g/mol. The Labute approximate surface area is 60.8 Å². The van der Waals surface area contributed by atoms with Crippen LogP contribution in [0.2, 0.25) is 0 Å². The summed E-state index contributed by atoms with van der Waals surface area (Å²) in [5.41, 5.74) is 2.40. The first-order valence-corrected chi connectivity index (χ1v) is 3.20. The van der Waals surface area contributed by atoms with Crippen molar-refractivity contribution in [1.29, 1.82) is 0 Å². The Balaban J connectivity index is 3.11. The monoisotopic (exact) mass is 137 g/mol. The van der Waals surface area contributed by atoms with Gasteiger partial charge in [0.15, 0.2) is 0 Å². The van der Waals surface area contributed by atoms with Crippen LogP contribution in [0, 0.1) is 0 Å². The van der Waals surface area contributed by atoms with E-state index in [9.17, 15) is 4.79 Å². The lowest BCUT2D eigenvalue weighted by Gasteiger charge is -2.11. The van der Waals surface area contributed by atoms with Crippen LogP contribution in [0.3, 0.4) is 0 Å². The second kappa shape index (κ2) is 1.97. The molecule has 0 spiro atoms. The average Bonchev–Trinajstić information content (AvgIpc) is 2.07. The number of ketones is 1. The molecule has 1 aliphatic rings. The molecule has 0 amide bonds. The Morgan fingerprint density at radius 2 is 1.90 bits per heavy atom. The van der Waals surface area contributed by atoms with Gasteiger partial charge in [-0.2, -0.15) is 0 Å². The van der Waals surface area contributed by atoms with Gasteiger partial charge < -0.3 is 4.90 Å². The zero-order valence-corrected chi connectivity index (χ0v) is 6.56.